The molecule has 1 saturated carbocycles. The zero-order valence-electron chi connectivity index (χ0n) is 10.4. The van der Waals surface area contributed by atoms with Gasteiger partial charge in [0.05, 0.1) is 6.07 Å². The highest BCUT2D eigenvalue weighted by Gasteiger charge is 2.42. The topological polar surface area (TPSA) is 35.8 Å². The van der Waals surface area contributed by atoms with E-state index in [0.717, 1.165) is 13.0 Å². The summed E-state index contributed by atoms with van der Waals surface area (Å²) in [5.74, 6) is 0. The average molecular weight is 228 g/mol. The molecule has 0 aliphatic heterocycles. The van der Waals surface area contributed by atoms with Crippen molar-refractivity contribution in [2.24, 2.45) is 5.41 Å². The van der Waals surface area contributed by atoms with Crippen molar-refractivity contribution in [1.82, 2.24) is 5.32 Å². The first-order valence-corrected chi connectivity index (χ1v) is 6.45. The van der Waals surface area contributed by atoms with Crippen LogP contribution in [0.25, 0.3) is 0 Å². The average Bonchev–Trinajstić information content (AvgIpc) is 3.12. The Hall–Kier alpha value is -1.33. The number of nitriles is 1. The molecule has 0 aromatic heterocycles. The van der Waals surface area contributed by atoms with Crippen LogP contribution in [0, 0.1) is 16.7 Å². The normalized spacial score (nSPS) is 18.4. The Labute approximate surface area is 104 Å². The molecular formula is C15H20N2. The monoisotopic (exact) mass is 228 g/mol. The standard InChI is InChI=1S/C15H20N2/c1-2-14(13-6-4-3-5-7-13)17-12-15(8-9-15)10-11-16/h3-7,14,17H,2,8-10,12H2,1H3. The van der Waals surface area contributed by atoms with Crippen LogP contribution in [-0.2, 0) is 0 Å². The summed E-state index contributed by atoms with van der Waals surface area (Å²) >= 11 is 0. The molecule has 2 nitrogen and oxygen atoms in total. The van der Waals surface area contributed by atoms with Crippen LogP contribution in [0.3, 0.4) is 0 Å². The smallest absolute Gasteiger partial charge is 0.0628 e. The van der Waals surface area contributed by atoms with E-state index in [1.165, 1.54) is 18.4 Å². The van der Waals surface area contributed by atoms with Crippen molar-refractivity contribution in [1.29, 1.82) is 5.26 Å². The van der Waals surface area contributed by atoms with Crippen LogP contribution in [-0.4, -0.2) is 6.54 Å². The molecule has 1 fully saturated rings. The van der Waals surface area contributed by atoms with E-state index in [4.69, 9.17) is 5.26 Å². The molecule has 0 heterocycles. The molecule has 0 spiro atoms. The fourth-order valence-electron chi connectivity index (χ4n) is 2.28. The number of hydrogen-bond donors (Lipinski definition) is 1. The van der Waals surface area contributed by atoms with Gasteiger partial charge in [0, 0.05) is 19.0 Å². The van der Waals surface area contributed by atoms with E-state index >= 15 is 0 Å². The number of rotatable bonds is 6. The number of nitrogens with zero attached hydrogens (tertiary/aromatic N) is 1. The number of benzene rings is 1. The zero-order chi connectivity index (χ0) is 12.1. The SMILES string of the molecule is CCC(NCC1(CC#N)CC1)c1ccccc1. The fraction of sp³-hybridized carbons (Fsp3) is 0.533. The molecule has 1 aromatic rings. The van der Waals surface area contributed by atoms with Crippen molar-refractivity contribution >= 4 is 0 Å². The van der Waals surface area contributed by atoms with Crippen molar-refractivity contribution in [3.63, 3.8) is 0 Å². The fourth-order valence-corrected chi connectivity index (χ4v) is 2.28. The van der Waals surface area contributed by atoms with Crippen molar-refractivity contribution in [2.75, 3.05) is 6.54 Å². The lowest BCUT2D eigenvalue weighted by Gasteiger charge is -2.20. The molecule has 0 amide bonds. The van der Waals surface area contributed by atoms with Gasteiger partial charge in [-0.1, -0.05) is 37.3 Å². The summed E-state index contributed by atoms with van der Waals surface area (Å²) in [6.45, 7) is 3.18. The van der Waals surface area contributed by atoms with E-state index in [1.54, 1.807) is 0 Å². The van der Waals surface area contributed by atoms with E-state index < -0.39 is 0 Å². The van der Waals surface area contributed by atoms with Crippen molar-refractivity contribution in [2.45, 2.75) is 38.6 Å². The van der Waals surface area contributed by atoms with Gasteiger partial charge in [0.25, 0.3) is 0 Å². The zero-order valence-corrected chi connectivity index (χ0v) is 10.4. The van der Waals surface area contributed by atoms with E-state index in [9.17, 15) is 0 Å². The van der Waals surface area contributed by atoms with Crippen LogP contribution in [0.15, 0.2) is 30.3 Å². The molecular weight excluding hydrogens is 208 g/mol. The van der Waals surface area contributed by atoms with Crippen LogP contribution >= 0.6 is 0 Å². The molecule has 0 radical (unpaired) electrons. The number of nitrogens with one attached hydrogen (secondary N) is 1. The summed E-state index contributed by atoms with van der Waals surface area (Å²) in [6.07, 6.45) is 4.20. The Morgan fingerprint density at radius 3 is 2.59 bits per heavy atom. The predicted molar refractivity (Wildman–Crippen MR) is 69.4 cm³/mol. The van der Waals surface area contributed by atoms with Crippen molar-refractivity contribution in [3.05, 3.63) is 35.9 Å². The van der Waals surface area contributed by atoms with E-state index in [0.29, 0.717) is 12.5 Å². The molecule has 2 rings (SSSR count). The van der Waals surface area contributed by atoms with Gasteiger partial charge in [0.2, 0.25) is 0 Å². The second kappa shape index (κ2) is 5.33. The summed E-state index contributed by atoms with van der Waals surface area (Å²) in [6, 6.07) is 13.3. The molecule has 1 aromatic carbocycles. The maximum atomic E-state index is 8.80. The first kappa shape index (κ1) is 12.1. The first-order valence-electron chi connectivity index (χ1n) is 6.45. The summed E-state index contributed by atoms with van der Waals surface area (Å²) in [5, 5.41) is 12.4. The maximum absolute atomic E-state index is 8.80. The maximum Gasteiger partial charge on any atom is 0.0628 e. The first-order chi connectivity index (χ1) is 8.29. The summed E-state index contributed by atoms with van der Waals surface area (Å²) in [4.78, 5) is 0. The van der Waals surface area contributed by atoms with Crippen LogP contribution in [0.1, 0.15) is 44.2 Å². The van der Waals surface area contributed by atoms with Gasteiger partial charge in [0.1, 0.15) is 0 Å². The highest BCUT2D eigenvalue weighted by Crippen LogP contribution is 2.48. The third-order valence-electron chi connectivity index (χ3n) is 3.74. The van der Waals surface area contributed by atoms with Gasteiger partial charge >= 0.3 is 0 Å². The van der Waals surface area contributed by atoms with Crippen LogP contribution < -0.4 is 5.32 Å². The van der Waals surface area contributed by atoms with Gasteiger partial charge in [-0.2, -0.15) is 5.26 Å². The molecule has 90 valence electrons. The molecule has 1 aliphatic carbocycles. The minimum absolute atomic E-state index is 0.289. The lowest BCUT2D eigenvalue weighted by Crippen LogP contribution is -2.28. The minimum Gasteiger partial charge on any atom is -0.309 e. The molecule has 0 bridgehead atoms. The van der Waals surface area contributed by atoms with Gasteiger partial charge in [-0.25, -0.2) is 0 Å². The second-order valence-electron chi connectivity index (χ2n) is 5.09. The Kier molecular flexibility index (Phi) is 3.81. The Morgan fingerprint density at radius 1 is 1.35 bits per heavy atom. The third kappa shape index (κ3) is 3.08. The molecule has 1 atom stereocenters. The quantitative estimate of drug-likeness (QED) is 0.809. The van der Waals surface area contributed by atoms with Crippen LogP contribution in [0.4, 0.5) is 0 Å². The Balaban J connectivity index is 1.91. The summed E-state index contributed by atoms with van der Waals surface area (Å²) in [5.41, 5.74) is 1.64. The van der Waals surface area contributed by atoms with E-state index in [2.05, 4.69) is 42.6 Å². The lowest BCUT2D eigenvalue weighted by atomic mass is 10.0. The van der Waals surface area contributed by atoms with Crippen molar-refractivity contribution < 1.29 is 0 Å². The molecule has 17 heavy (non-hydrogen) atoms. The highest BCUT2D eigenvalue weighted by molar-refractivity contribution is 5.19. The Morgan fingerprint density at radius 2 is 2.06 bits per heavy atom. The summed E-state index contributed by atoms with van der Waals surface area (Å²) in [7, 11) is 0. The second-order valence-corrected chi connectivity index (χ2v) is 5.09. The molecule has 2 heteroatoms. The third-order valence-corrected chi connectivity index (χ3v) is 3.74. The van der Waals surface area contributed by atoms with Crippen molar-refractivity contribution in [3.8, 4) is 6.07 Å². The van der Waals surface area contributed by atoms with Gasteiger partial charge in [-0.15, -0.1) is 0 Å². The van der Waals surface area contributed by atoms with Crippen LogP contribution in [0.5, 0.6) is 0 Å². The van der Waals surface area contributed by atoms with E-state index in [1.807, 2.05) is 6.07 Å². The van der Waals surface area contributed by atoms with Crippen LogP contribution in [0.2, 0.25) is 0 Å². The van der Waals surface area contributed by atoms with Gasteiger partial charge in [-0.05, 0) is 30.2 Å². The van der Waals surface area contributed by atoms with Gasteiger partial charge < -0.3 is 5.32 Å². The molecule has 1 unspecified atom stereocenters. The highest BCUT2D eigenvalue weighted by atomic mass is 14.9. The molecule has 0 saturated heterocycles. The summed E-state index contributed by atoms with van der Waals surface area (Å²) < 4.78 is 0. The van der Waals surface area contributed by atoms with Gasteiger partial charge in [0.15, 0.2) is 0 Å². The lowest BCUT2D eigenvalue weighted by molar-refractivity contribution is 0.413. The number of hydrogen-bond acceptors (Lipinski definition) is 2. The largest absolute Gasteiger partial charge is 0.309 e. The molecule has 1 N–H and O–H groups in total. The molecule has 1 aliphatic rings. The predicted octanol–water partition coefficient (Wildman–Crippen LogP) is 3.42. The Bertz CT molecular complexity index is 387. The van der Waals surface area contributed by atoms with Gasteiger partial charge in [-0.3, -0.25) is 0 Å². The minimum atomic E-state index is 0.289. The van der Waals surface area contributed by atoms with E-state index in [-0.39, 0.29) is 5.41 Å².